The number of carbonyl (C=O) groups is 3. The van der Waals surface area contributed by atoms with Crippen molar-refractivity contribution in [2.24, 2.45) is 5.92 Å². The SMILES string of the molecule is N#Cc1c(NS(=O)(=O)N2CC[C@H](F)C2)ccc(F)c1Oc1ccc2ncn(-c3ccc(N4CCN(CC5CN(c6ccc7c(c6)CN([C@H]6CCC(=O)NC6=O)C7=O)C5)CC4)cc3)c(=O)c2c1. The van der Waals surface area contributed by atoms with Crippen molar-refractivity contribution in [3.8, 4) is 23.3 Å². The molecule has 340 valence electrons. The zero-order chi connectivity index (χ0) is 45.9. The van der Waals surface area contributed by atoms with Gasteiger partial charge in [-0.2, -0.15) is 18.0 Å². The molecule has 0 saturated carbocycles. The van der Waals surface area contributed by atoms with E-state index in [9.17, 15) is 37.2 Å². The number of fused-ring (bicyclic) bond motifs is 2. The molecule has 2 atom stereocenters. The minimum atomic E-state index is -4.24. The molecule has 3 amide bonds. The van der Waals surface area contributed by atoms with E-state index >= 15 is 4.39 Å². The molecule has 0 unspecified atom stereocenters. The second kappa shape index (κ2) is 17.1. The number of ether oxygens (including phenoxy) is 1. The summed E-state index contributed by atoms with van der Waals surface area (Å²) in [6.45, 7) is 6.23. The lowest BCUT2D eigenvalue weighted by atomic mass is 9.97. The monoisotopic (exact) mass is 918 g/mol. The summed E-state index contributed by atoms with van der Waals surface area (Å²) in [4.78, 5) is 64.2. The molecule has 66 heavy (non-hydrogen) atoms. The maximum absolute atomic E-state index is 15.2. The van der Waals surface area contributed by atoms with Crippen molar-refractivity contribution < 1.29 is 36.3 Å². The average molecular weight is 919 g/mol. The maximum atomic E-state index is 15.2. The van der Waals surface area contributed by atoms with Crippen LogP contribution in [0.2, 0.25) is 0 Å². The average Bonchev–Trinajstić information content (AvgIpc) is 3.89. The van der Waals surface area contributed by atoms with Gasteiger partial charge in [0.1, 0.15) is 35.9 Å². The number of nitrogens with one attached hydrogen (secondary N) is 2. The smallest absolute Gasteiger partial charge is 0.301 e. The predicted molar refractivity (Wildman–Crippen MR) is 239 cm³/mol. The first-order valence-corrected chi connectivity index (χ1v) is 23.2. The van der Waals surface area contributed by atoms with Gasteiger partial charge in [-0.25, -0.2) is 13.8 Å². The fourth-order valence-electron chi connectivity index (χ4n) is 9.46. The van der Waals surface area contributed by atoms with Crippen molar-refractivity contribution in [1.29, 1.82) is 5.26 Å². The van der Waals surface area contributed by atoms with E-state index in [0.717, 1.165) is 79.2 Å². The van der Waals surface area contributed by atoms with E-state index < -0.39 is 51.0 Å². The van der Waals surface area contributed by atoms with Crippen LogP contribution in [0.4, 0.5) is 25.8 Å². The lowest BCUT2D eigenvalue weighted by Gasteiger charge is -2.45. The molecule has 4 aromatic carbocycles. The molecule has 10 rings (SSSR count). The van der Waals surface area contributed by atoms with Gasteiger partial charge in [-0.05, 0) is 91.2 Å². The van der Waals surface area contributed by atoms with Gasteiger partial charge in [-0.3, -0.25) is 38.7 Å². The van der Waals surface area contributed by atoms with Crippen LogP contribution in [0.5, 0.6) is 11.5 Å². The Kier molecular flexibility index (Phi) is 11.1. The van der Waals surface area contributed by atoms with Crippen LogP contribution in [0.15, 0.2) is 83.9 Å². The number of aromatic nitrogens is 2. The van der Waals surface area contributed by atoms with Crippen LogP contribution in [-0.2, 0) is 26.3 Å². The van der Waals surface area contributed by atoms with Crippen LogP contribution >= 0.6 is 0 Å². The Balaban J connectivity index is 0.742. The van der Waals surface area contributed by atoms with Crippen LogP contribution in [0.3, 0.4) is 0 Å². The Labute approximate surface area is 377 Å². The number of hydrogen-bond acceptors (Lipinski definition) is 12. The van der Waals surface area contributed by atoms with Gasteiger partial charge in [0.2, 0.25) is 11.8 Å². The molecule has 4 saturated heterocycles. The van der Waals surface area contributed by atoms with Crippen LogP contribution in [-0.4, -0.2) is 121 Å². The molecule has 5 aliphatic heterocycles. The fraction of sp³-hybridized carbons (Fsp3) is 0.348. The summed E-state index contributed by atoms with van der Waals surface area (Å²) in [5.41, 5.74) is 3.43. The topological polar surface area (TPSA) is 194 Å². The summed E-state index contributed by atoms with van der Waals surface area (Å²) in [5.74, 6) is -1.86. The highest BCUT2D eigenvalue weighted by Crippen LogP contribution is 2.36. The number of nitrogens with zero attached hydrogens (tertiary/aromatic N) is 8. The zero-order valence-electron chi connectivity index (χ0n) is 35.5. The third-order valence-corrected chi connectivity index (χ3v) is 14.5. The first-order chi connectivity index (χ1) is 31.8. The van der Waals surface area contributed by atoms with E-state index in [-0.39, 0.29) is 54.6 Å². The number of hydrogen-bond donors (Lipinski definition) is 2. The van der Waals surface area contributed by atoms with Crippen molar-refractivity contribution >= 4 is 55.9 Å². The molecule has 20 heteroatoms. The van der Waals surface area contributed by atoms with Gasteiger partial charge in [0, 0.05) is 94.7 Å². The van der Waals surface area contributed by atoms with Crippen LogP contribution in [0.1, 0.15) is 40.7 Å². The first-order valence-electron chi connectivity index (χ1n) is 21.8. The molecule has 6 heterocycles. The van der Waals surface area contributed by atoms with Crippen LogP contribution < -0.4 is 30.1 Å². The van der Waals surface area contributed by atoms with E-state index in [2.05, 4.69) is 35.8 Å². The van der Waals surface area contributed by atoms with Crippen LogP contribution in [0.25, 0.3) is 16.6 Å². The van der Waals surface area contributed by atoms with E-state index in [1.54, 1.807) is 11.0 Å². The normalized spacial score (nSPS) is 20.6. The van der Waals surface area contributed by atoms with Gasteiger partial charge in [0.15, 0.2) is 11.6 Å². The van der Waals surface area contributed by atoms with Crippen molar-refractivity contribution in [2.75, 3.05) is 73.4 Å². The third-order valence-electron chi connectivity index (χ3n) is 13.1. The Morgan fingerprint density at radius 1 is 0.864 bits per heavy atom. The number of nitriles is 1. The number of alkyl halides is 1. The third kappa shape index (κ3) is 8.18. The number of rotatable bonds is 11. The van der Waals surface area contributed by atoms with Gasteiger partial charge in [0.25, 0.3) is 11.5 Å². The number of amides is 3. The Morgan fingerprint density at radius 3 is 2.35 bits per heavy atom. The molecule has 4 fully saturated rings. The number of anilines is 3. The molecule has 0 radical (unpaired) electrons. The van der Waals surface area contributed by atoms with Crippen molar-refractivity contribution in [3.63, 3.8) is 0 Å². The Bertz CT molecular complexity index is 3010. The Hall–Kier alpha value is -6.95. The standard InChI is InChI=1S/C46H44F2N10O7S/c47-30-13-14-56(26-30)66(63,64)52-40-10-8-38(48)43(37(40)21-49)65-34-6-9-39-36(20-34)46(62)58(27-50-39)32-3-1-31(2-4-32)54-17-15-53(16-18-54)22-28-23-55(24-28)33-5-7-35-29(19-33)25-57(45(35)61)41-11-12-42(59)51-44(41)60/h1-10,19-20,27-28,30,41,52H,11-18,22-26H2,(H,51,59,60)/t30-,41-/m0/s1. The molecule has 5 aromatic rings. The zero-order valence-corrected chi connectivity index (χ0v) is 36.3. The molecule has 0 bridgehead atoms. The number of halogens is 2. The van der Waals surface area contributed by atoms with Crippen molar-refractivity contribution in [2.45, 2.75) is 38.0 Å². The van der Waals surface area contributed by atoms with Gasteiger partial charge >= 0.3 is 10.2 Å². The summed E-state index contributed by atoms with van der Waals surface area (Å²) in [5, 5.41) is 12.5. The molecule has 0 aliphatic carbocycles. The van der Waals surface area contributed by atoms with E-state index in [1.165, 1.54) is 29.1 Å². The van der Waals surface area contributed by atoms with Crippen LogP contribution in [0, 0.1) is 23.1 Å². The highest BCUT2D eigenvalue weighted by Gasteiger charge is 2.40. The summed E-state index contributed by atoms with van der Waals surface area (Å²) >= 11 is 0. The molecular formula is C46H44F2N10O7S. The number of piperazine rings is 1. The summed E-state index contributed by atoms with van der Waals surface area (Å²) in [7, 11) is -4.24. The second-order valence-corrected chi connectivity index (χ2v) is 18.9. The molecule has 5 aliphatic rings. The van der Waals surface area contributed by atoms with Gasteiger partial charge in [-0.15, -0.1) is 0 Å². The summed E-state index contributed by atoms with van der Waals surface area (Å²) in [6, 6.07) is 21.1. The van der Waals surface area contributed by atoms with E-state index in [1.807, 2.05) is 36.4 Å². The lowest BCUT2D eigenvalue weighted by Crippen LogP contribution is -2.55. The number of benzene rings is 4. The second-order valence-electron chi connectivity index (χ2n) is 17.3. The highest BCUT2D eigenvalue weighted by molar-refractivity contribution is 7.90. The predicted octanol–water partition coefficient (Wildman–Crippen LogP) is 3.91. The minimum absolute atomic E-state index is 0.0120. The molecular weight excluding hydrogens is 875 g/mol. The van der Waals surface area contributed by atoms with Gasteiger partial charge in [0.05, 0.1) is 22.3 Å². The molecule has 17 nitrogen and oxygen atoms in total. The number of piperidine rings is 1. The molecule has 2 N–H and O–H groups in total. The fourth-order valence-corrected chi connectivity index (χ4v) is 10.7. The highest BCUT2D eigenvalue weighted by atomic mass is 32.2. The van der Waals surface area contributed by atoms with E-state index in [4.69, 9.17) is 4.74 Å². The first kappa shape index (κ1) is 43.0. The maximum Gasteiger partial charge on any atom is 0.301 e. The number of carbonyl (C=O) groups excluding carboxylic acids is 3. The van der Waals surface area contributed by atoms with Crippen molar-refractivity contribution in [3.05, 3.63) is 112 Å². The minimum Gasteiger partial charge on any atom is -0.453 e. The van der Waals surface area contributed by atoms with E-state index in [0.29, 0.717) is 35.7 Å². The lowest BCUT2D eigenvalue weighted by molar-refractivity contribution is -0.136. The molecule has 0 spiro atoms. The quantitative estimate of drug-likeness (QED) is 0.182. The number of imide groups is 1. The summed E-state index contributed by atoms with van der Waals surface area (Å²) < 4.78 is 65.1. The van der Waals surface area contributed by atoms with Gasteiger partial charge in [-0.1, -0.05) is 0 Å². The largest absolute Gasteiger partial charge is 0.453 e. The van der Waals surface area contributed by atoms with Gasteiger partial charge < -0.3 is 19.4 Å². The Morgan fingerprint density at radius 2 is 1.62 bits per heavy atom. The van der Waals surface area contributed by atoms with Crippen molar-refractivity contribution in [1.82, 2.24) is 29.0 Å². The summed E-state index contributed by atoms with van der Waals surface area (Å²) in [6.07, 6.45) is 0.716. The molecule has 1 aromatic heterocycles.